The zero-order chi connectivity index (χ0) is 19.2. The van der Waals surface area contributed by atoms with E-state index in [1.165, 1.54) is 16.7 Å². The van der Waals surface area contributed by atoms with Gasteiger partial charge in [-0.2, -0.15) is 0 Å². The highest BCUT2D eigenvalue weighted by molar-refractivity contribution is 5.44. The number of hydrogen-bond acceptors (Lipinski definition) is 4. The van der Waals surface area contributed by atoms with E-state index in [0.29, 0.717) is 6.54 Å². The predicted octanol–water partition coefficient (Wildman–Crippen LogP) is 4.36. The molecule has 0 fully saturated rings. The molecule has 144 valence electrons. The number of nitrogens with zero attached hydrogens (tertiary/aromatic N) is 1. The van der Waals surface area contributed by atoms with E-state index in [1.807, 2.05) is 18.2 Å². The Labute approximate surface area is 162 Å². The molecule has 1 N–H and O–H groups in total. The molecule has 2 aromatic rings. The Balaban J connectivity index is 1.76. The van der Waals surface area contributed by atoms with Crippen LogP contribution < -0.4 is 9.47 Å². The summed E-state index contributed by atoms with van der Waals surface area (Å²) in [6.07, 6.45) is 3.04. The average molecular weight is 367 g/mol. The fraction of sp³-hybridized carbons (Fsp3) is 0.391. The van der Waals surface area contributed by atoms with Crippen LogP contribution in [-0.2, 0) is 13.1 Å². The lowest BCUT2D eigenvalue weighted by molar-refractivity contribution is 0.0982. The molecule has 2 aromatic carbocycles. The van der Waals surface area contributed by atoms with Gasteiger partial charge in [0, 0.05) is 19.6 Å². The third-order valence-electron chi connectivity index (χ3n) is 4.91. The highest BCUT2D eigenvalue weighted by Gasteiger charge is 2.17. The van der Waals surface area contributed by atoms with Crippen LogP contribution in [0.15, 0.2) is 49.1 Å². The molecule has 1 aliphatic rings. The van der Waals surface area contributed by atoms with E-state index in [9.17, 15) is 5.11 Å². The Hall–Kier alpha value is -2.30. The first-order valence-electron chi connectivity index (χ1n) is 9.51. The topological polar surface area (TPSA) is 41.9 Å². The fourth-order valence-electron chi connectivity index (χ4n) is 3.39. The van der Waals surface area contributed by atoms with Crippen molar-refractivity contribution < 1.29 is 14.6 Å². The van der Waals surface area contributed by atoms with Crippen LogP contribution in [0.3, 0.4) is 0 Å². The van der Waals surface area contributed by atoms with Crippen LogP contribution in [0.5, 0.6) is 11.5 Å². The van der Waals surface area contributed by atoms with Gasteiger partial charge in [0.1, 0.15) is 0 Å². The summed E-state index contributed by atoms with van der Waals surface area (Å²) in [7, 11) is 0. The third-order valence-corrected chi connectivity index (χ3v) is 4.91. The highest BCUT2D eigenvalue weighted by Crippen LogP contribution is 2.33. The molecule has 1 aliphatic heterocycles. The van der Waals surface area contributed by atoms with E-state index in [-0.39, 0.29) is 12.9 Å². The minimum atomic E-state index is -0.373. The quantitative estimate of drug-likeness (QED) is 0.669. The molecule has 0 aromatic heterocycles. The molecule has 27 heavy (non-hydrogen) atoms. The average Bonchev–Trinajstić information content (AvgIpc) is 3.10. The Morgan fingerprint density at radius 2 is 1.93 bits per heavy atom. The third kappa shape index (κ3) is 5.34. The van der Waals surface area contributed by atoms with Crippen LogP contribution in [0.25, 0.3) is 0 Å². The molecule has 0 spiro atoms. The van der Waals surface area contributed by atoms with Crippen molar-refractivity contribution in [1.82, 2.24) is 4.90 Å². The normalized spacial score (nSPS) is 13.8. The van der Waals surface area contributed by atoms with Crippen LogP contribution in [0, 0.1) is 13.8 Å². The second-order valence-corrected chi connectivity index (χ2v) is 7.31. The molecule has 0 saturated carbocycles. The molecular weight excluding hydrogens is 338 g/mol. The molecule has 0 aliphatic carbocycles. The minimum absolute atomic E-state index is 0.283. The molecule has 0 radical (unpaired) electrons. The van der Waals surface area contributed by atoms with Gasteiger partial charge in [-0.3, -0.25) is 4.90 Å². The van der Waals surface area contributed by atoms with Crippen LogP contribution in [0.2, 0.25) is 0 Å². The summed E-state index contributed by atoms with van der Waals surface area (Å²) < 4.78 is 10.9. The lowest BCUT2D eigenvalue weighted by atomic mass is 10.0. The Bertz CT molecular complexity index is 787. The second-order valence-electron chi connectivity index (χ2n) is 7.31. The van der Waals surface area contributed by atoms with Crippen LogP contribution in [-0.4, -0.2) is 29.4 Å². The predicted molar refractivity (Wildman–Crippen MR) is 108 cm³/mol. The van der Waals surface area contributed by atoms with Crippen LogP contribution in [0.1, 0.15) is 35.1 Å². The van der Waals surface area contributed by atoms with Gasteiger partial charge in [0.25, 0.3) is 0 Å². The van der Waals surface area contributed by atoms with Gasteiger partial charge in [-0.15, -0.1) is 6.58 Å². The molecule has 1 unspecified atom stereocenters. The maximum absolute atomic E-state index is 10.5. The number of rotatable bonds is 9. The zero-order valence-electron chi connectivity index (χ0n) is 16.3. The van der Waals surface area contributed by atoms with Crippen molar-refractivity contribution >= 4 is 0 Å². The maximum Gasteiger partial charge on any atom is 0.231 e. The van der Waals surface area contributed by atoms with Gasteiger partial charge in [-0.1, -0.05) is 35.9 Å². The fourth-order valence-corrected chi connectivity index (χ4v) is 3.39. The van der Waals surface area contributed by atoms with Gasteiger partial charge in [0.05, 0.1) is 6.10 Å². The summed E-state index contributed by atoms with van der Waals surface area (Å²) in [4.78, 5) is 2.30. The summed E-state index contributed by atoms with van der Waals surface area (Å²) in [6.45, 7) is 10.5. The zero-order valence-corrected chi connectivity index (χ0v) is 16.3. The molecular formula is C23H29NO3. The molecule has 3 rings (SSSR count). The molecule has 1 heterocycles. The van der Waals surface area contributed by atoms with Crippen molar-refractivity contribution in [2.24, 2.45) is 0 Å². The van der Waals surface area contributed by atoms with E-state index < -0.39 is 0 Å². The van der Waals surface area contributed by atoms with Gasteiger partial charge in [-0.05, 0) is 55.5 Å². The summed E-state index contributed by atoms with van der Waals surface area (Å²) in [5.41, 5.74) is 4.98. The minimum Gasteiger partial charge on any atom is -0.454 e. The molecule has 4 nitrogen and oxygen atoms in total. The lowest BCUT2D eigenvalue weighted by Crippen LogP contribution is -2.32. The SMILES string of the molecule is C=CCCC(O)CN(Cc1ccc2c(c1)OCO2)Cc1cc(C)ccc1C. The van der Waals surface area contributed by atoms with Crippen molar-refractivity contribution in [3.05, 3.63) is 71.3 Å². The number of aliphatic hydroxyl groups is 1. The van der Waals surface area contributed by atoms with Crippen molar-refractivity contribution in [3.8, 4) is 11.5 Å². The van der Waals surface area contributed by atoms with E-state index >= 15 is 0 Å². The van der Waals surface area contributed by atoms with Gasteiger partial charge in [-0.25, -0.2) is 0 Å². The Morgan fingerprint density at radius 3 is 2.74 bits per heavy atom. The van der Waals surface area contributed by atoms with E-state index in [4.69, 9.17) is 9.47 Å². The molecule has 0 amide bonds. The maximum atomic E-state index is 10.5. The molecule has 4 heteroatoms. The van der Waals surface area contributed by atoms with Gasteiger partial charge in [0.15, 0.2) is 11.5 Å². The number of ether oxygens (including phenoxy) is 2. The summed E-state index contributed by atoms with van der Waals surface area (Å²) in [5.74, 6) is 1.59. The van der Waals surface area contributed by atoms with Crippen molar-refractivity contribution in [3.63, 3.8) is 0 Å². The summed E-state index contributed by atoms with van der Waals surface area (Å²) in [5, 5.41) is 10.5. The summed E-state index contributed by atoms with van der Waals surface area (Å²) >= 11 is 0. The monoisotopic (exact) mass is 367 g/mol. The van der Waals surface area contributed by atoms with Crippen molar-refractivity contribution in [1.29, 1.82) is 0 Å². The Morgan fingerprint density at radius 1 is 1.11 bits per heavy atom. The number of allylic oxidation sites excluding steroid dienone is 1. The molecule has 0 saturated heterocycles. The largest absolute Gasteiger partial charge is 0.454 e. The van der Waals surface area contributed by atoms with Crippen molar-refractivity contribution in [2.75, 3.05) is 13.3 Å². The first-order valence-corrected chi connectivity index (χ1v) is 9.51. The van der Waals surface area contributed by atoms with Gasteiger partial charge < -0.3 is 14.6 Å². The highest BCUT2D eigenvalue weighted by atomic mass is 16.7. The van der Waals surface area contributed by atoms with E-state index in [1.54, 1.807) is 0 Å². The number of aliphatic hydroxyl groups excluding tert-OH is 1. The lowest BCUT2D eigenvalue weighted by Gasteiger charge is -2.26. The summed E-state index contributed by atoms with van der Waals surface area (Å²) in [6, 6.07) is 12.6. The number of benzene rings is 2. The smallest absolute Gasteiger partial charge is 0.231 e. The van der Waals surface area contributed by atoms with Crippen molar-refractivity contribution in [2.45, 2.75) is 45.9 Å². The van der Waals surface area contributed by atoms with Gasteiger partial charge >= 0.3 is 0 Å². The molecule has 1 atom stereocenters. The second kappa shape index (κ2) is 9.07. The van der Waals surface area contributed by atoms with E-state index in [2.05, 4.69) is 49.6 Å². The standard InChI is InChI=1S/C23H29NO3/c1-4-5-6-21(25)15-24(14-20-11-17(2)7-8-18(20)3)13-19-9-10-22-23(12-19)27-16-26-22/h4,7-12,21,25H,1,5-6,13-16H2,2-3H3. The first-order chi connectivity index (χ1) is 13.0. The van der Waals surface area contributed by atoms with Gasteiger partial charge in [0.2, 0.25) is 6.79 Å². The van der Waals surface area contributed by atoms with Crippen LogP contribution >= 0.6 is 0 Å². The number of hydrogen-bond donors (Lipinski definition) is 1. The molecule has 0 bridgehead atoms. The van der Waals surface area contributed by atoms with Crippen LogP contribution in [0.4, 0.5) is 0 Å². The first kappa shape index (κ1) is 19.5. The number of aryl methyl sites for hydroxylation is 2. The Kier molecular flexibility index (Phi) is 6.54. The van der Waals surface area contributed by atoms with E-state index in [0.717, 1.165) is 43.0 Å². The number of fused-ring (bicyclic) bond motifs is 1.